The van der Waals surface area contributed by atoms with Crippen molar-refractivity contribution in [1.29, 1.82) is 0 Å². The molecule has 0 amide bonds. The number of halogens is 2. The first kappa shape index (κ1) is 16.4. The van der Waals surface area contributed by atoms with Gasteiger partial charge in [-0.25, -0.2) is 13.9 Å². The maximum atomic E-state index is 14.2. The third-order valence-electron chi connectivity index (χ3n) is 3.41. The van der Waals surface area contributed by atoms with Crippen LogP contribution < -0.4 is 0 Å². The van der Waals surface area contributed by atoms with Crippen LogP contribution >= 0.6 is 15.9 Å². The number of hydrogen-bond donors (Lipinski definition) is 0. The normalized spacial score (nSPS) is 10.6. The summed E-state index contributed by atoms with van der Waals surface area (Å²) in [5.74, 6) is -0.919. The molecule has 0 fully saturated rings. The van der Waals surface area contributed by atoms with E-state index >= 15 is 0 Å². The van der Waals surface area contributed by atoms with E-state index in [0.29, 0.717) is 16.9 Å². The van der Waals surface area contributed by atoms with Crippen LogP contribution in [-0.2, 0) is 4.74 Å². The van der Waals surface area contributed by atoms with Crippen molar-refractivity contribution in [3.63, 3.8) is 0 Å². The first-order valence-electron chi connectivity index (χ1n) is 7.38. The van der Waals surface area contributed by atoms with Gasteiger partial charge in [0.05, 0.1) is 18.0 Å². The zero-order valence-electron chi connectivity index (χ0n) is 12.9. The zero-order chi connectivity index (χ0) is 17.1. The van der Waals surface area contributed by atoms with Crippen LogP contribution in [0.5, 0.6) is 0 Å². The fourth-order valence-electron chi connectivity index (χ4n) is 2.33. The number of hydrogen-bond acceptors (Lipinski definition) is 3. The molecule has 0 radical (unpaired) electrons. The van der Waals surface area contributed by atoms with E-state index in [9.17, 15) is 9.18 Å². The van der Waals surface area contributed by atoms with E-state index < -0.39 is 5.97 Å². The van der Waals surface area contributed by atoms with E-state index in [4.69, 9.17) is 4.74 Å². The molecular formula is C18H14BrFN2O2. The van der Waals surface area contributed by atoms with Gasteiger partial charge in [-0.2, -0.15) is 5.10 Å². The predicted molar refractivity (Wildman–Crippen MR) is 92.6 cm³/mol. The second-order valence-corrected chi connectivity index (χ2v) is 5.92. The minimum Gasteiger partial charge on any atom is -0.461 e. The summed E-state index contributed by atoms with van der Waals surface area (Å²) in [5.41, 5.74) is 1.70. The maximum absolute atomic E-state index is 14.2. The third-order valence-corrected chi connectivity index (χ3v) is 3.94. The molecule has 0 aliphatic carbocycles. The Labute approximate surface area is 147 Å². The monoisotopic (exact) mass is 388 g/mol. The van der Waals surface area contributed by atoms with Crippen molar-refractivity contribution in [2.45, 2.75) is 6.92 Å². The number of nitrogens with zero attached hydrogens (tertiary/aromatic N) is 2. The lowest BCUT2D eigenvalue weighted by atomic mass is 10.1. The largest absolute Gasteiger partial charge is 0.461 e. The Balaban J connectivity index is 2.17. The SMILES string of the molecule is CCOC(=O)c1cc(-c2ccccc2F)n(-c2ccc(Br)cc2)n1. The molecule has 0 atom stereocenters. The van der Waals surface area contributed by atoms with Crippen LogP contribution in [0.2, 0.25) is 0 Å². The average molecular weight is 389 g/mol. The van der Waals surface area contributed by atoms with Crippen LogP contribution in [0.4, 0.5) is 4.39 Å². The Bertz CT molecular complexity index is 875. The van der Waals surface area contributed by atoms with Crippen LogP contribution in [-0.4, -0.2) is 22.4 Å². The molecule has 0 spiro atoms. The Morgan fingerprint density at radius 3 is 2.58 bits per heavy atom. The summed E-state index contributed by atoms with van der Waals surface area (Å²) in [6.07, 6.45) is 0. The van der Waals surface area contributed by atoms with E-state index in [2.05, 4.69) is 21.0 Å². The van der Waals surface area contributed by atoms with Crippen molar-refractivity contribution in [2.24, 2.45) is 0 Å². The highest BCUT2D eigenvalue weighted by Crippen LogP contribution is 2.27. The molecule has 1 aromatic heterocycles. The van der Waals surface area contributed by atoms with Crippen molar-refractivity contribution in [3.05, 3.63) is 70.6 Å². The molecule has 0 saturated carbocycles. The topological polar surface area (TPSA) is 44.1 Å². The predicted octanol–water partition coefficient (Wildman–Crippen LogP) is 4.62. The van der Waals surface area contributed by atoms with Gasteiger partial charge >= 0.3 is 5.97 Å². The molecule has 3 rings (SSSR count). The van der Waals surface area contributed by atoms with Crippen LogP contribution in [0.3, 0.4) is 0 Å². The summed E-state index contributed by atoms with van der Waals surface area (Å²) in [6.45, 7) is 1.97. The first-order chi connectivity index (χ1) is 11.6. The highest BCUT2D eigenvalue weighted by molar-refractivity contribution is 9.10. The molecular weight excluding hydrogens is 375 g/mol. The summed E-state index contributed by atoms with van der Waals surface area (Å²) in [4.78, 5) is 12.0. The van der Waals surface area contributed by atoms with Gasteiger partial charge in [0.15, 0.2) is 5.69 Å². The molecule has 24 heavy (non-hydrogen) atoms. The van der Waals surface area contributed by atoms with E-state index in [-0.39, 0.29) is 18.1 Å². The highest BCUT2D eigenvalue weighted by atomic mass is 79.9. The molecule has 0 N–H and O–H groups in total. The minimum absolute atomic E-state index is 0.137. The summed E-state index contributed by atoms with van der Waals surface area (Å²) in [6, 6.07) is 15.3. The Kier molecular flexibility index (Phi) is 4.76. The Morgan fingerprint density at radius 2 is 1.92 bits per heavy atom. The fourth-order valence-corrected chi connectivity index (χ4v) is 2.59. The van der Waals surface area contributed by atoms with Gasteiger partial charge in [0.2, 0.25) is 0 Å². The smallest absolute Gasteiger partial charge is 0.358 e. The van der Waals surface area contributed by atoms with Gasteiger partial charge in [0, 0.05) is 10.0 Å². The van der Waals surface area contributed by atoms with Crippen LogP contribution in [0.25, 0.3) is 16.9 Å². The van der Waals surface area contributed by atoms with Crippen molar-refractivity contribution in [1.82, 2.24) is 9.78 Å². The lowest BCUT2D eigenvalue weighted by Crippen LogP contribution is -2.06. The second-order valence-electron chi connectivity index (χ2n) is 5.00. The minimum atomic E-state index is -0.536. The zero-order valence-corrected chi connectivity index (χ0v) is 14.5. The van der Waals surface area contributed by atoms with Crippen LogP contribution in [0.15, 0.2) is 59.1 Å². The van der Waals surface area contributed by atoms with E-state index in [1.165, 1.54) is 10.7 Å². The van der Waals surface area contributed by atoms with Gasteiger partial charge in [0.25, 0.3) is 0 Å². The number of rotatable bonds is 4. The van der Waals surface area contributed by atoms with Gasteiger partial charge in [-0.05, 0) is 49.4 Å². The summed E-state index contributed by atoms with van der Waals surface area (Å²) < 4.78 is 21.7. The second kappa shape index (κ2) is 6.97. The molecule has 4 nitrogen and oxygen atoms in total. The molecule has 0 bridgehead atoms. The average Bonchev–Trinajstić information content (AvgIpc) is 3.01. The number of benzene rings is 2. The molecule has 122 valence electrons. The molecule has 3 aromatic rings. The van der Waals surface area contributed by atoms with Crippen molar-refractivity contribution in [3.8, 4) is 16.9 Å². The third kappa shape index (κ3) is 3.23. The fraction of sp³-hybridized carbons (Fsp3) is 0.111. The Hall–Kier alpha value is -2.47. The summed E-state index contributed by atoms with van der Waals surface area (Å²) in [7, 11) is 0. The number of esters is 1. The van der Waals surface area contributed by atoms with Crippen LogP contribution in [0, 0.1) is 5.82 Å². The summed E-state index contributed by atoms with van der Waals surface area (Å²) in [5, 5.41) is 4.31. The van der Waals surface area contributed by atoms with Crippen molar-refractivity contribution < 1.29 is 13.9 Å². The molecule has 1 heterocycles. The van der Waals surface area contributed by atoms with Gasteiger partial charge in [0.1, 0.15) is 5.82 Å². The number of ether oxygens (including phenoxy) is 1. The van der Waals surface area contributed by atoms with Gasteiger partial charge in [-0.1, -0.05) is 28.1 Å². The molecule has 2 aromatic carbocycles. The number of aromatic nitrogens is 2. The first-order valence-corrected chi connectivity index (χ1v) is 8.17. The molecule has 0 unspecified atom stereocenters. The van der Waals surface area contributed by atoms with Crippen molar-refractivity contribution >= 4 is 21.9 Å². The molecule has 6 heteroatoms. The van der Waals surface area contributed by atoms with E-state index in [0.717, 1.165) is 4.47 Å². The number of carbonyl (C=O) groups excluding carboxylic acids is 1. The van der Waals surface area contributed by atoms with Gasteiger partial charge in [-0.15, -0.1) is 0 Å². The van der Waals surface area contributed by atoms with E-state index in [1.54, 1.807) is 31.2 Å². The molecule has 0 saturated heterocycles. The van der Waals surface area contributed by atoms with E-state index in [1.807, 2.05) is 24.3 Å². The van der Waals surface area contributed by atoms with Gasteiger partial charge < -0.3 is 4.74 Å². The van der Waals surface area contributed by atoms with Crippen LogP contribution in [0.1, 0.15) is 17.4 Å². The van der Waals surface area contributed by atoms with Gasteiger partial charge in [-0.3, -0.25) is 0 Å². The lowest BCUT2D eigenvalue weighted by Gasteiger charge is -2.08. The molecule has 0 aliphatic rings. The van der Waals surface area contributed by atoms with Crippen molar-refractivity contribution in [2.75, 3.05) is 6.61 Å². The quantitative estimate of drug-likeness (QED) is 0.612. The highest BCUT2D eigenvalue weighted by Gasteiger charge is 2.19. The summed E-state index contributed by atoms with van der Waals surface area (Å²) >= 11 is 3.38. The molecule has 0 aliphatic heterocycles. The lowest BCUT2D eigenvalue weighted by molar-refractivity contribution is 0.0519. The Morgan fingerprint density at radius 1 is 1.21 bits per heavy atom. The number of carbonyl (C=O) groups is 1. The maximum Gasteiger partial charge on any atom is 0.358 e. The standard InChI is InChI=1S/C18H14BrFN2O2/c1-2-24-18(23)16-11-17(14-5-3-4-6-15(14)20)22(21-16)13-9-7-12(19)8-10-13/h3-11H,2H2,1H3.